The number of esters is 1. The molecule has 1 rings (SSSR count). The third-order valence-electron chi connectivity index (χ3n) is 4.47. The van der Waals surface area contributed by atoms with Crippen molar-refractivity contribution in [1.29, 1.82) is 0 Å². The highest BCUT2D eigenvalue weighted by molar-refractivity contribution is 6.76. The number of carbonyl (C=O) groups excluding carboxylic acids is 3. The maximum atomic E-state index is 12.6. The Morgan fingerprint density at radius 3 is 2.24 bits per heavy atom. The van der Waals surface area contributed by atoms with Crippen molar-refractivity contribution in [3.05, 3.63) is 35.9 Å². The number of hydrogen-bond acceptors (Lipinski definition) is 6. The molecule has 0 radical (unpaired) electrons. The highest BCUT2D eigenvalue weighted by Gasteiger charge is 2.26. The first-order valence-corrected chi connectivity index (χ1v) is 15.2. The molecule has 0 spiro atoms. The van der Waals surface area contributed by atoms with Crippen molar-refractivity contribution >= 4 is 26.2 Å². The van der Waals surface area contributed by atoms with Gasteiger partial charge in [0.05, 0.1) is 6.61 Å². The van der Waals surface area contributed by atoms with E-state index in [0.29, 0.717) is 32.4 Å². The molecule has 2 N–H and O–H groups in total. The zero-order valence-electron chi connectivity index (χ0n) is 20.9. The first-order chi connectivity index (χ1) is 15.4. The fourth-order valence-corrected chi connectivity index (χ4v) is 3.41. The lowest BCUT2D eigenvalue weighted by Crippen LogP contribution is -2.44. The second kappa shape index (κ2) is 13.9. The van der Waals surface area contributed by atoms with E-state index in [1.165, 1.54) is 0 Å². The van der Waals surface area contributed by atoms with Crippen LogP contribution in [0.15, 0.2) is 30.3 Å². The van der Waals surface area contributed by atoms with Crippen molar-refractivity contribution in [2.45, 2.75) is 84.0 Å². The van der Waals surface area contributed by atoms with Gasteiger partial charge in [-0.15, -0.1) is 0 Å². The molecule has 9 heteroatoms. The van der Waals surface area contributed by atoms with Crippen LogP contribution in [0, 0.1) is 0 Å². The Balaban J connectivity index is 2.42. The molecule has 0 heterocycles. The van der Waals surface area contributed by atoms with Gasteiger partial charge in [-0.05, 0) is 51.6 Å². The molecule has 0 aliphatic carbocycles. The summed E-state index contributed by atoms with van der Waals surface area (Å²) in [6.07, 6.45) is 0.453. The zero-order chi connectivity index (χ0) is 24.9. The van der Waals surface area contributed by atoms with E-state index in [4.69, 9.17) is 14.2 Å². The third kappa shape index (κ3) is 15.0. The van der Waals surface area contributed by atoms with Crippen LogP contribution in [-0.2, 0) is 25.6 Å². The monoisotopic (exact) mass is 480 g/mol. The van der Waals surface area contributed by atoms with E-state index in [2.05, 4.69) is 30.3 Å². The molecular formula is C24H40N2O6Si. The fourth-order valence-electron chi connectivity index (χ4n) is 2.70. The molecule has 0 unspecified atom stereocenters. The lowest BCUT2D eigenvalue weighted by Gasteiger charge is -2.23. The summed E-state index contributed by atoms with van der Waals surface area (Å²) in [7, 11) is -1.34. The van der Waals surface area contributed by atoms with Gasteiger partial charge in [-0.2, -0.15) is 0 Å². The quantitative estimate of drug-likeness (QED) is 0.192. The highest BCUT2D eigenvalue weighted by Crippen LogP contribution is 2.11. The average molecular weight is 481 g/mol. The lowest BCUT2D eigenvalue weighted by atomic mass is 10.1. The Morgan fingerprint density at radius 2 is 1.64 bits per heavy atom. The summed E-state index contributed by atoms with van der Waals surface area (Å²) in [5.41, 5.74) is 0.247. The number of nitrogens with one attached hydrogen (secondary N) is 2. The number of unbranched alkanes of at least 4 members (excludes halogenated alkanes) is 1. The second-order valence-electron chi connectivity index (χ2n) is 10.2. The summed E-state index contributed by atoms with van der Waals surface area (Å²) < 4.78 is 15.9. The summed E-state index contributed by atoms with van der Waals surface area (Å²) in [6.45, 7) is 12.8. The Kier molecular flexibility index (Phi) is 12.0. The standard InChI is InChI=1S/C24H40N2O6Si/c1-24(2,3)32-23(29)26-20(21(27)30-16-17-33(4,5)6)14-10-11-15-25-22(28)31-18-19-12-8-7-9-13-19/h7-9,12-13,20H,10-11,14-18H2,1-6H3,(H,25,28)(H,26,29)/t20-/m1/s1. The molecule has 8 nitrogen and oxygen atoms in total. The zero-order valence-corrected chi connectivity index (χ0v) is 21.9. The largest absolute Gasteiger partial charge is 0.464 e. The van der Waals surface area contributed by atoms with Crippen LogP contribution in [0.3, 0.4) is 0 Å². The predicted molar refractivity (Wildman–Crippen MR) is 131 cm³/mol. The van der Waals surface area contributed by atoms with Crippen molar-refractivity contribution in [3.8, 4) is 0 Å². The number of amides is 2. The molecule has 1 aromatic carbocycles. The molecule has 0 aliphatic heterocycles. The minimum atomic E-state index is -1.34. The van der Waals surface area contributed by atoms with Crippen molar-refractivity contribution in [2.75, 3.05) is 13.2 Å². The van der Waals surface area contributed by atoms with Crippen LogP contribution in [0.25, 0.3) is 0 Å². The molecule has 186 valence electrons. The normalized spacial score (nSPS) is 12.4. The summed E-state index contributed by atoms with van der Waals surface area (Å²) in [4.78, 5) is 36.5. The minimum absolute atomic E-state index is 0.206. The first-order valence-electron chi connectivity index (χ1n) is 11.5. The van der Waals surface area contributed by atoms with Gasteiger partial charge in [0, 0.05) is 14.6 Å². The SMILES string of the molecule is CC(C)(C)OC(=O)N[C@H](CCCCNC(=O)OCc1ccccc1)C(=O)OCC[Si](C)(C)C. The summed E-state index contributed by atoms with van der Waals surface area (Å²) in [5.74, 6) is -0.464. The molecule has 0 aliphatic rings. The number of benzene rings is 1. The topological polar surface area (TPSA) is 103 Å². The fraction of sp³-hybridized carbons (Fsp3) is 0.625. The lowest BCUT2D eigenvalue weighted by molar-refractivity contribution is -0.145. The highest BCUT2D eigenvalue weighted by atomic mass is 28.3. The molecular weight excluding hydrogens is 440 g/mol. The van der Waals surface area contributed by atoms with Gasteiger partial charge in [-0.25, -0.2) is 14.4 Å². The summed E-state index contributed by atoms with van der Waals surface area (Å²) in [5, 5.41) is 5.32. The number of alkyl carbamates (subject to hydrolysis) is 2. The van der Waals surface area contributed by atoms with Crippen molar-refractivity contribution < 1.29 is 28.6 Å². The van der Waals surface area contributed by atoms with E-state index < -0.39 is 37.9 Å². The molecule has 1 atom stereocenters. The van der Waals surface area contributed by atoms with Gasteiger partial charge in [-0.1, -0.05) is 50.0 Å². The Hall–Kier alpha value is -2.55. The first kappa shape index (κ1) is 28.5. The Bertz CT molecular complexity index is 744. The minimum Gasteiger partial charge on any atom is -0.464 e. The van der Waals surface area contributed by atoms with E-state index in [1.54, 1.807) is 20.8 Å². The maximum absolute atomic E-state index is 12.6. The molecule has 0 saturated carbocycles. The van der Waals surface area contributed by atoms with Crippen LogP contribution in [0.4, 0.5) is 9.59 Å². The molecule has 0 saturated heterocycles. The number of hydrogen-bond donors (Lipinski definition) is 2. The molecule has 0 bridgehead atoms. The van der Waals surface area contributed by atoms with Crippen LogP contribution in [0.2, 0.25) is 25.7 Å². The van der Waals surface area contributed by atoms with E-state index in [-0.39, 0.29) is 6.61 Å². The molecule has 0 fully saturated rings. The van der Waals surface area contributed by atoms with Crippen molar-refractivity contribution in [1.82, 2.24) is 10.6 Å². The average Bonchev–Trinajstić information content (AvgIpc) is 2.69. The van der Waals surface area contributed by atoms with Crippen LogP contribution < -0.4 is 10.6 Å². The van der Waals surface area contributed by atoms with Crippen LogP contribution in [0.1, 0.15) is 45.6 Å². The molecule has 2 amide bonds. The van der Waals surface area contributed by atoms with Crippen LogP contribution in [-0.4, -0.2) is 51.0 Å². The van der Waals surface area contributed by atoms with Gasteiger partial charge in [0.2, 0.25) is 0 Å². The van der Waals surface area contributed by atoms with Crippen molar-refractivity contribution in [3.63, 3.8) is 0 Å². The Labute approximate surface area is 198 Å². The number of carbonyl (C=O) groups is 3. The van der Waals surface area contributed by atoms with Crippen LogP contribution >= 0.6 is 0 Å². The predicted octanol–water partition coefficient (Wildman–Crippen LogP) is 4.86. The van der Waals surface area contributed by atoms with E-state index in [9.17, 15) is 14.4 Å². The van der Waals surface area contributed by atoms with Crippen molar-refractivity contribution in [2.24, 2.45) is 0 Å². The van der Waals surface area contributed by atoms with Gasteiger partial charge in [0.1, 0.15) is 18.2 Å². The summed E-state index contributed by atoms with van der Waals surface area (Å²) in [6, 6.07) is 9.49. The molecule has 33 heavy (non-hydrogen) atoms. The van der Waals surface area contributed by atoms with Gasteiger partial charge in [0.25, 0.3) is 0 Å². The smallest absolute Gasteiger partial charge is 0.408 e. The Morgan fingerprint density at radius 1 is 0.970 bits per heavy atom. The third-order valence-corrected chi connectivity index (χ3v) is 6.18. The molecule has 1 aromatic rings. The van der Waals surface area contributed by atoms with Gasteiger partial charge in [0.15, 0.2) is 0 Å². The second-order valence-corrected chi connectivity index (χ2v) is 15.8. The maximum Gasteiger partial charge on any atom is 0.408 e. The van der Waals surface area contributed by atoms with Gasteiger partial charge < -0.3 is 24.8 Å². The number of rotatable bonds is 12. The van der Waals surface area contributed by atoms with Crippen LogP contribution in [0.5, 0.6) is 0 Å². The van der Waals surface area contributed by atoms with Gasteiger partial charge in [-0.3, -0.25) is 0 Å². The molecule has 0 aromatic heterocycles. The number of ether oxygens (including phenoxy) is 3. The van der Waals surface area contributed by atoms with Gasteiger partial charge >= 0.3 is 18.2 Å². The van der Waals surface area contributed by atoms with E-state index in [0.717, 1.165) is 11.6 Å². The summed E-state index contributed by atoms with van der Waals surface area (Å²) >= 11 is 0. The van der Waals surface area contributed by atoms with E-state index in [1.807, 2.05) is 30.3 Å². The van der Waals surface area contributed by atoms with E-state index >= 15 is 0 Å².